The lowest BCUT2D eigenvalue weighted by Gasteiger charge is -2.13. The SMILES string of the molecule is N#Cc1c(-c2ccc3ncoc3c2)nc2n1CCCC2. The van der Waals surface area contributed by atoms with E-state index in [0.717, 1.165) is 54.0 Å². The zero-order chi connectivity index (χ0) is 13.5. The Morgan fingerprint density at radius 1 is 1.30 bits per heavy atom. The monoisotopic (exact) mass is 264 g/mol. The van der Waals surface area contributed by atoms with Crippen LogP contribution in [0.25, 0.3) is 22.4 Å². The number of oxazole rings is 1. The Labute approximate surface area is 115 Å². The number of aryl methyl sites for hydroxylation is 1. The fraction of sp³-hybridized carbons (Fsp3) is 0.267. The molecule has 3 aromatic rings. The number of imidazole rings is 1. The molecule has 0 bridgehead atoms. The Hall–Kier alpha value is -2.61. The van der Waals surface area contributed by atoms with Gasteiger partial charge >= 0.3 is 0 Å². The summed E-state index contributed by atoms with van der Waals surface area (Å²) in [6.07, 6.45) is 4.62. The van der Waals surface area contributed by atoms with Crippen LogP contribution in [-0.4, -0.2) is 14.5 Å². The minimum atomic E-state index is 0.651. The first kappa shape index (κ1) is 11.2. The average molecular weight is 264 g/mol. The molecule has 0 saturated heterocycles. The van der Waals surface area contributed by atoms with Crippen molar-refractivity contribution in [2.45, 2.75) is 25.8 Å². The molecule has 4 rings (SSSR count). The van der Waals surface area contributed by atoms with E-state index in [0.29, 0.717) is 5.69 Å². The van der Waals surface area contributed by atoms with E-state index in [2.05, 4.69) is 16.0 Å². The van der Waals surface area contributed by atoms with Crippen LogP contribution in [0.4, 0.5) is 0 Å². The van der Waals surface area contributed by atoms with Gasteiger partial charge in [0.15, 0.2) is 12.0 Å². The van der Waals surface area contributed by atoms with Crippen molar-refractivity contribution >= 4 is 11.1 Å². The van der Waals surface area contributed by atoms with Crippen molar-refractivity contribution in [3.05, 3.63) is 36.1 Å². The molecule has 1 aliphatic rings. The van der Waals surface area contributed by atoms with Gasteiger partial charge in [0, 0.05) is 18.5 Å². The van der Waals surface area contributed by atoms with Gasteiger partial charge in [-0.25, -0.2) is 9.97 Å². The molecular weight excluding hydrogens is 252 g/mol. The normalized spacial score (nSPS) is 14.2. The zero-order valence-corrected chi connectivity index (χ0v) is 10.8. The van der Waals surface area contributed by atoms with Crippen molar-refractivity contribution in [3.8, 4) is 17.3 Å². The Kier molecular flexibility index (Phi) is 2.36. The third kappa shape index (κ3) is 1.55. The number of fused-ring (bicyclic) bond motifs is 2. The molecule has 0 atom stereocenters. The van der Waals surface area contributed by atoms with Crippen molar-refractivity contribution in [3.63, 3.8) is 0 Å². The van der Waals surface area contributed by atoms with Crippen LogP contribution in [0.15, 0.2) is 29.0 Å². The van der Waals surface area contributed by atoms with E-state index in [1.807, 2.05) is 22.8 Å². The van der Waals surface area contributed by atoms with Gasteiger partial charge in [-0.1, -0.05) is 6.07 Å². The Morgan fingerprint density at radius 3 is 3.15 bits per heavy atom. The molecule has 3 heterocycles. The topological polar surface area (TPSA) is 67.6 Å². The number of nitrogens with zero attached hydrogens (tertiary/aromatic N) is 4. The molecular formula is C15H12N4O. The number of nitriles is 1. The number of rotatable bonds is 1. The van der Waals surface area contributed by atoms with Crippen LogP contribution in [0, 0.1) is 11.3 Å². The largest absolute Gasteiger partial charge is 0.443 e. The molecule has 0 saturated carbocycles. The van der Waals surface area contributed by atoms with Gasteiger partial charge in [-0.15, -0.1) is 0 Å². The summed E-state index contributed by atoms with van der Waals surface area (Å²) in [5.41, 5.74) is 3.85. The number of benzene rings is 1. The van der Waals surface area contributed by atoms with E-state index in [4.69, 9.17) is 4.42 Å². The van der Waals surface area contributed by atoms with E-state index in [1.54, 1.807) is 0 Å². The van der Waals surface area contributed by atoms with Gasteiger partial charge in [0.05, 0.1) is 0 Å². The zero-order valence-electron chi connectivity index (χ0n) is 10.8. The van der Waals surface area contributed by atoms with Gasteiger partial charge in [-0.2, -0.15) is 5.26 Å². The maximum Gasteiger partial charge on any atom is 0.181 e. The van der Waals surface area contributed by atoms with Crippen LogP contribution in [0.1, 0.15) is 24.4 Å². The lowest BCUT2D eigenvalue weighted by Crippen LogP contribution is -2.11. The Morgan fingerprint density at radius 2 is 2.25 bits per heavy atom. The average Bonchev–Trinajstić information content (AvgIpc) is 3.10. The summed E-state index contributed by atoms with van der Waals surface area (Å²) in [6, 6.07) is 8.04. The highest BCUT2D eigenvalue weighted by Gasteiger charge is 2.20. The second-order valence-corrected chi connectivity index (χ2v) is 4.98. The summed E-state index contributed by atoms with van der Waals surface area (Å²) in [4.78, 5) is 8.77. The fourth-order valence-electron chi connectivity index (χ4n) is 2.80. The molecule has 20 heavy (non-hydrogen) atoms. The molecule has 2 aromatic heterocycles. The van der Waals surface area contributed by atoms with Crippen LogP contribution in [0.5, 0.6) is 0 Å². The van der Waals surface area contributed by atoms with Crippen LogP contribution in [0.2, 0.25) is 0 Å². The molecule has 1 aromatic carbocycles. The van der Waals surface area contributed by atoms with E-state index in [1.165, 1.54) is 6.39 Å². The maximum atomic E-state index is 9.45. The predicted octanol–water partition coefficient (Wildman–Crippen LogP) is 2.90. The summed E-state index contributed by atoms with van der Waals surface area (Å²) in [5.74, 6) is 1.01. The van der Waals surface area contributed by atoms with E-state index >= 15 is 0 Å². The van der Waals surface area contributed by atoms with Crippen molar-refractivity contribution in [2.75, 3.05) is 0 Å². The first-order chi connectivity index (χ1) is 9.86. The highest BCUT2D eigenvalue weighted by Crippen LogP contribution is 2.29. The molecule has 0 amide bonds. The van der Waals surface area contributed by atoms with Gasteiger partial charge in [-0.05, 0) is 25.0 Å². The van der Waals surface area contributed by atoms with E-state index in [9.17, 15) is 5.26 Å². The summed E-state index contributed by atoms with van der Waals surface area (Å²) in [5, 5.41) is 9.45. The smallest absolute Gasteiger partial charge is 0.181 e. The standard InChI is InChI=1S/C15H12N4O/c16-8-12-15(18-14-3-1-2-6-19(12)14)10-4-5-11-13(7-10)20-9-17-11/h4-5,7,9H,1-3,6H2. The Bertz CT molecular complexity index is 837. The lowest BCUT2D eigenvalue weighted by molar-refractivity contribution is 0.519. The molecule has 0 radical (unpaired) electrons. The first-order valence-electron chi connectivity index (χ1n) is 6.70. The van der Waals surface area contributed by atoms with Crippen LogP contribution >= 0.6 is 0 Å². The molecule has 0 fully saturated rings. The quantitative estimate of drug-likeness (QED) is 0.677. The summed E-state index contributed by atoms with van der Waals surface area (Å²) in [7, 11) is 0. The fourth-order valence-corrected chi connectivity index (χ4v) is 2.80. The third-order valence-electron chi connectivity index (χ3n) is 3.79. The third-order valence-corrected chi connectivity index (χ3v) is 3.79. The molecule has 5 heteroatoms. The van der Waals surface area contributed by atoms with Gasteiger partial charge in [0.1, 0.15) is 28.8 Å². The van der Waals surface area contributed by atoms with Gasteiger partial charge in [0.2, 0.25) is 0 Å². The summed E-state index contributed by atoms with van der Waals surface area (Å²) >= 11 is 0. The second-order valence-electron chi connectivity index (χ2n) is 4.98. The number of hydrogen-bond donors (Lipinski definition) is 0. The van der Waals surface area contributed by atoms with Gasteiger partial charge in [-0.3, -0.25) is 0 Å². The molecule has 0 spiro atoms. The molecule has 0 aliphatic carbocycles. The van der Waals surface area contributed by atoms with Crippen LogP contribution in [0.3, 0.4) is 0 Å². The highest BCUT2D eigenvalue weighted by molar-refractivity contribution is 5.80. The van der Waals surface area contributed by atoms with Crippen LogP contribution in [-0.2, 0) is 13.0 Å². The molecule has 0 unspecified atom stereocenters. The lowest BCUT2D eigenvalue weighted by atomic mass is 10.1. The highest BCUT2D eigenvalue weighted by atomic mass is 16.3. The number of hydrogen-bond acceptors (Lipinski definition) is 4. The van der Waals surface area contributed by atoms with Crippen molar-refractivity contribution in [1.82, 2.24) is 14.5 Å². The molecule has 5 nitrogen and oxygen atoms in total. The molecule has 98 valence electrons. The van der Waals surface area contributed by atoms with Crippen molar-refractivity contribution < 1.29 is 4.42 Å². The van der Waals surface area contributed by atoms with Crippen LogP contribution < -0.4 is 0 Å². The second kappa shape index (κ2) is 4.20. The number of aromatic nitrogens is 3. The summed E-state index contributed by atoms with van der Waals surface area (Å²) < 4.78 is 7.37. The van der Waals surface area contributed by atoms with Gasteiger partial charge < -0.3 is 8.98 Å². The first-order valence-corrected chi connectivity index (χ1v) is 6.70. The molecule has 0 N–H and O–H groups in total. The van der Waals surface area contributed by atoms with E-state index < -0.39 is 0 Å². The minimum absolute atomic E-state index is 0.651. The molecule has 1 aliphatic heterocycles. The Balaban J connectivity index is 1.93. The van der Waals surface area contributed by atoms with Crippen molar-refractivity contribution in [1.29, 1.82) is 5.26 Å². The summed E-state index contributed by atoms with van der Waals surface area (Å²) in [6.45, 7) is 0.885. The maximum absolute atomic E-state index is 9.45. The van der Waals surface area contributed by atoms with Crippen molar-refractivity contribution in [2.24, 2.45) is 0 Å². The minimum Gasteiger partial charge on any atom is -0.443 e. The van der Waals surface area contributed by atoms with E-state index in [-0.39, 0.29) is 0 Å². The van der Waals surface area contributed by atoms with Gasteiger partial charge in [0.25, 0.3) is 0 Å². The predicted molar refractivity (Wildman–Crippen MR) is 72.9 cm³/mol.